The van der Waals surface area contributed by atoms with E-state index in [-0.39, 0.29) is 36.5 Å². The first kappa shape index (κ1) is 16.9. The molecule has 0 aliphatic rings. The molecule has 0 bridgehead atoms. The Morgan fingerprint density at radius 1 is 1.00 bits per heavy atom. The summed E-state index contributed by atoms with van der Waals surface area (Å²) in [4.78, 5) is 23.2. The van der Waals surface area contributed by atoms with E-state index in [9.17, 15) is 9.59 Å². The quantitative estimate of drug-likeness (QED) is 0.602. The van der Waals surface area contributed by atoms with Gasteiger partial charge < -0.3 is 10.6 Å². The van der Waals surface area contributed by atoms with Crippen LogP contribution in [-0.2, 0) is 9.59 Å². The highest BCUT2D eigenvalue weighted by molar-refractivity contribution is 5.83. The molecule has 0 aromatic carbocycles. The molecule has 0 saturated carbocycles. The summed E-state index contributed by atoms with van der Waals surface area (Å²) < 4.78 is 0. The van der Waals surface area contributed by atoms with Crippen LogP contribution in [0.15, 0.2) is 0 Å². The van der Waals surface area contributed by atoms with Crippen LogP contribution in [0.1, 0.15) is 47.5 Å². The van der Waals surface area contributed by atoms with Gasteiger partial charge in [0.25, 0.3) is 0 Å². The lowest BCUT2D eigenvalue weighted by molar-refractivity contribution is -0.124. The minimum absolute atomic E-state index is 0.0621. The van der Waals surface area contributed by atoms with Crippen LogP contribution >= 0.6 is 0 Å². The number of carbonyl (C=O) groups excluding carboxylic acids is 2. The summed E-state index contributed by atoms with van der Waals surface area (Å²) in [6, 6.07) is -0.0286. The molecule has 5 nitrogen and oxygen atoms in total. The number of carbonyl (C=O) groups is 2. The van der Waals surface area contributed by atoms with Crippen LogP contribution in [-0.4, -0.2) is 36.5 Å². The van der Waals surface area contributed by atoms with Crippen LogP contribution < -0.4 is 16.0 Å². The highest BCUT2D eigenvalue weighted by atomic mass is 16.2. The van der Waals surface area contributed by atoms with Crippen molar-refractivity contribution < 1.29 is 9.59 Å². The average Bonchev–Trinajstić information content (AvgIpc) is 2.31. The Bertz CT molecular complexity index is 263. The number of nitrogens with one attached hydrogen (secondary N) is 3. The topological polar surface area (TPSA) is 70.2 Å². The molecule has 1 unspecified atom stereocenters. The van der Waals surface area contributed by atoms with Crippen molar-refractivity contribution >= 4 is 11.8 Å². The van der Waals surface area contributed by atoms with Crippen LogP contribution in [0.2, 0.25) is 0 Å². The van der Waals surface area contributed by atoms with Gasteiger partial charge in [0.15, 0.2) is 0 Å². The van der Waals surface area contributed by atoms with Crippen molar-refractivity contribution in [2.75, 3.05) is 6.54 Å². The third-order valence-corrected chi connectivity index (χ3v) is 2.74. The Hall–Kier alpha value is -1.10. The van der Waals surface area contributed by atoms with Gasteiger partial charge in [-0.1, -0.05) is 13.8 Å². The first-order valence-electron chi connectivity index (χ1n) is 6.73. The highest BCUT2D eigenvalue weighted by Crippen LogP contribution is 1.95. The molecule has 0 aliphatic carbocycles. The minimum Gasteiger partial charge on any atom is -0.353 e. The van der Waals surface area contributed by atoms with E-state index in [0.29, 0.717) is 0 Å². The van der Waals surface area contributed by atoms with E-state index in [1.807, 2.05) is 27.7 Å². The number of hydrogen-bond acceptors (Lipinski definition) is 3. The smallest absolute Gasteiger partial charge is 0.237 e. The third-order valence-electron chi connectivity index (χ3n) is 2.74. The summed E-state index contributed by atoms with van der Waals surface area (Å²) in [7, 11) is 0. The zero-order chi connectivity index (χ0) is 14.1. The summed E-state index contributed by atoms with van der Waals surface area (Å²) in [5.74, 6) is -0.145. The maximum absolute atomic E-state index is 11.6. The van der Waals surface area contributed by atoms with Crippen molar-refractivity contribution in [3.05, 3.63) is 0 Å². The Labute approximate surface area is 110 Å². The molecule has 5 heteroatoms. The molecule has 0 aliphatic heterocycles. The van der Waals surface area contributed by atoms with Crippen LogP contribution in [0.25, 0.3) is 0 Å². The Kier molecular flexibility index (Phi) is 8.37. The summed E-state index contributed by atoms with van der Waals surface area (Å²) in [6.45, 7) is 9.82. The van der Waals surface area contributed by atoms with Gasteiger partial charge in [0, 0.05) is 12.1 Å². The fraction of sp³-hybridized carbons (Fsp3) is 0.846. The zero-order valence-electron chi connectivity index (χ0n) is 12.2. The Morgan fingerprint density at radius 3 is 2.00 bits per heavy atom. The molecule has 0 saturated heterocycles. The fourth-order valence-electron chi connectivity index (χ4n) is 1.52. The van der Waals surface area contributed by atoms with E-state index in [1.54, 1.807) is 6.92 Å². The lowest BCUT2D eigenvalue weighted by atomic mass is 10.2. The summed E-state index contributed by atoms with van der Waals surface area (Å²) in [5.41, 5.74) is 0. The van der Waals surface area contributed by atoms with Crippen molar-refractivity contribution in [2.24, 2.45) is 0 Å². The van der Waals surface area contributed by atoms with Gasteiger partial charge in [0.1, 0.15) is 0 Å². The number of rotatable bonds is 8. The lowest BCUT2D eigenvalue weighted by Crippen LogP contribution is -2.48. The van der Waals surface area contributed by atoms with Crippen molar-refractivity contribution in [1.82, 2.24) is 16.0 Å². The lowest BCUT2D eigenvalue weighted by Gasteiger charge is -2.18. The molecule has 1 atom stereocenters. The van der Waals surface area contributed by atoms with E-state index in [0.717, 1.165) is 12.8 Å². The molecule has 18 heavy (non-hydrogen) atoms. The molecule has 0 aromatic heterocycles. The summed E-state index contributed by atoms with van der Waals surface area (Å²) >= 11 is 0. The van der Waals surface area contributed by atoms with Crippen LogP contribution in [0.4, 0.5) is 0 Å². The molecule has 106 valence electrons. The number of amides is 2. The molecule has 0 aromatic rings. The minimum atomic E-state index is -0.361. The Balaban J connectivity index is 3.94. The zero-order valence-corrected chi connectivity index (χ0v) is 12.2. The van der Waals surface area contributed by atoms with E-state index >= 15 is 0 Å². The summed E-state index contributed by atoms with van der Waals surface area (Å²) in [5, 5.41) is 8.63. The first-order valence-corrected chi connectivity index (χ1v) is 6.73. The van der Waals surface area contributed by atoms with Crippen LogP contribution in [0, 0.1) is 0 Å². The van der Waals surface area contributed by atoms with Gasteiger partial charge in [-0.25, -0.2) is 0 Å². The second kappa shape index (κ2) is 8.91. The van der Waals surface area contributed by atoms with Gasteiger partial charge in [-0.15, -0.1) is 0 Å². The predicted octanol–water partition coefficient (Wildman–Crippen LogP) is 0.794. The van der Waals surface area contributed by atoms with E-state index < -0.39 is 0 Å². The van der Waals surface area contributed by atoms with E-state index in [1.165, 1.54) is 0 Å². The Morgan fingerprint density at radius 2 is 1.56 bits per heavy atom. The second-order valence-corrected chi connectivity index (χ2v) is 4.85. The van der Waals surface area contributed by atoms with Gasteiger partial charge in [-0.05, 0) is 33.6 Å². The van der Waals surface area contributed by atoms with E-state index in [2.05, 4.69) is 16.0 Å². The largest absolute Gasteiger partial charge is 0.353 e. The maximum atomic E-state index is 11.6. The molecule has 0 fully saturated rings. The normalized spacial score (nSPS) is 12.6. The predicted molar refractivity (Wildman–Crippen MR) is 73.3 cm³/mol. The van der Waals surface area contributed by atoms with Crippen molar-refractivity contribution in [2.45, 2.75) is 65.6 Å². The first-order chi connectivity index (χ1) is 8.40. The van der Waals surface area contributed by atoms with Gasteiger partial charge >= 0.3 is 0 Å². The van der Waals surface area contributed by atoms with Crippen LogP contribution in [0.3, 0.4) is 0 Å². The van der Waals surface area contributed by atoms with Gasteiger partial charge in [-0.3, -0.25) is 14.9 Å². The van der Waals surface area contributed by atoms with Crippen LogP contribution in [0.5, 0.6) is 0 Å². The van der Waals surface area contributed by atoms with Crippen molar-refractivity contribution in [3.8, 4) is 0 Å². The fourth-order valence-corrected chi connectivity index (χ4v) is 1.52. The summed E-state index contributed by atoms with van der Waals surface area (Å²) in [6.07, 6.45) is 1.84. The second-order valence-electron chi connectivity index (χ2n) is 4.85. The standard InChI is InChI=1S/C13H27N3O2/c1-6-11(7-2)16-12(17)8-14-10(5)13(18)15-9(3)4/h9-11,14H,6-8H2,1-5H3,(H,15,18)(H,16,17). The highest BCUT2D eigenvalue weighted by Gasteiger charge is 2.15. The van der Waals surface area contributed by atoms with Crippen molar-refractivity contribution in [1.29, 1.82) is 0 Å². The monoisotopic (exact) mass is 257 g/mol. The maximum Gasteiger partial charge on any atom is 0.237 e. The molecular weight excluding hydrogens is 230 g/mol. The molecule has 0 radical (unpaired) electrons. The van der Waals surface area contributed by atoms with Gasteiger partial charge in [0.05, 0.1) is 12.6 Å². The molecule has 0 rings (SSSR count). The molecule has 3 N–H and O–H groups in total. The third kappa shape index (κ3) is 7.27. The SMILES string of the molecule is CCC(CC)NC(=O)CNC(C)C(=O)NC(C)C. The molecule has 2 amide bonds. The van der Waals surface area contributed by atoms with Gasteiger partial charge in [0.2, 0.25) is 11.8 Å². The molecule has 0 heterocycles. The van der Waals surface area contributed by atoms with E-state index in [4.69, 9.17) is 0 Å². The van der Waals surface area contributed by atoms with Crippen molar-refractivity contribution in [3.63, 3.8) is 0 Å². The number of hydrogen-bond donors (Lipinski definition) is 3. The molecular formula is C13H27N3O2. The average molecular weight is 257 g/mol. The van der Waals surface area contributed by atoms with Gasteiger partial charge in [-0.2, -0.15) is 0 Å². The molecule has 0 spiro atoms.